The van der Waals surface area contributed by atoms with Crippen LogP contribution in [-0.4, -0.2) is 46.9 Å². The lowest BCUT2D eigenvalue weighted by Gasteiger charge is -2.34. The summed E-state index contributed by atoms with van der Waals surface area (Å²) in [4.78, 5) is 21.0. The highest BCUT2D eigenvalue weighted by Crippen LogP contribution is 2.17. The average molecular weight is 420 g/mol. The molecule has 1 aliphatic rings. The topological polar surface area (TPSA) is 45.7 Å². The van der Waals surface area contributed by atoms with Crippen LogP contribution >= 0.6 is 0 Å². The molecule has 0 saturated carbocycles. The average Bonchev–Trinajstić information content (AvgIpc) is 2.81. The first-order chi connectivity index (χ1) is 15.1. The number of benzene rings is 2. The van der Waals surface area contributed by atoms with E-state index in [-0.39, 0.29) is 11.7 Å². The van der Waals surface area contributed by atoms with Gasteiger partial charge in [0.15, 0.2) is 0 Å². The quantitative estimate of drug-likeness (QED) is 0.604. The van der Waals surface area contributed by atoms with E-state index in [4.69, 9.17) is 4.74 Å². The molecule has 0 bridgehead atoms. The zero-order valence-corrected chi connectivity index (χ0v) is 17.6. The number of aromatic nitrogens is 1. The molecule has 0 N–H and O–H groups in total. The summed E-state index contributed by atoms with van der Waals surface area (Å²) >= 11 is 0. The van der Waals surface area contributed by atoms with Crippen LogP contribution in [-0.2, 0) is 13.2 Å². The van der Waals surface area contributed by atoms with Crippen LogP contribution in [0.4, 0.5) is 4.39 Å². The van der Waals surface area contributed by atoms with Crippen LogP contribution < -0.4 is 4.74 Å². The van der Waals surface area contributed by atoms with E-state index in [2.05, 4.69) is 22.0 Å². The van der Waals surface area contributed by atoms with E-state index in [1.54, 1.807) is 30.2 Å². The van der Waals surface area contributed by atoms with Crippen molar-refractivity contribution in [2.45, 2.75) is 20.1 Å². The van der Waals surface area contributed by atoms with Crippen molar-refractivity contribution in [2.75, 3.05) is 26.2 Å². The molecule has 2 aromatic carbocycles. The zero-order chi connectivity index (χ0) is 21.6. The molecule has 1 amide bonds. The summed E-state index contributed by atoms with van der Waals surface area (Å²) in [5.41, 5.74) is 3.06. The summed E-state index contributed by atoms with van der Waals surface area (Å²) in [7, 11) is 0. The van der Waals surface area contributed by atoms with Crippen LogP contribution in [0, 0.1) is 12.7 Å². The standard InChI is InChI=1S/C25H26FN3O2/c1-19-5-8-21(16-24(19)26)25(30)29-14-12-28(13-15-29)17-20-6-9-23(10-7-20)31-18-22-4-2-3-11-27-22/h2-11,16H,12-15,17-18H2,1H3. The van der Waals surface area contributed by atoms with Gasteiger partial charge < -0.3 is 9.64 Å². The minimum Gasteiger partial charge on any atom is -0.487 e. The normalized spacial score (nSPS) is 14.5. The molecule has 1 saturated heterocycles. The zero-order valence-electron chi connectivity index (χ0n) is 17.6. The Morgan fingerprint density at radius 1 is 1.03 bits per heavy atom. The second-order valence-electron chi connectivity index (χ2n) is 7.79. The second-order valence-corrected chi connectivity index (χ2v) is 7.79. The largest absolute Gasteiger partial charge is 0.487 e. The molecular formula is C25H26FN3O2. The van der Waals surface area contributed by atoms with Crippen molar-refractivity contribution in [3.63, 3.8) is 0 Å². The van der Waals surface area contributed by atoms with E-state index < -0.39 is 0 Å². The van der Waals surface area contributed by atoms with Crippen molar-refractivity contribution in [1.82, 2.24) is 14.8 Å². The van der Waals surface area contributed by atoms with E-state index in [9.17, 15) is 9.18 Å². The van der Waals surface area contributed by atoms with Crippen LogP contribution in [0.15, 0.2) is 66.9 Å². The minimum atomic E-state index is -0.336. The Hall–Kier alpha value is -3.25. The predicted molar refractivity (Wildman–Crippen MR) is 117 cm³/mol. The number of ether oxygens (including phenoxy) is 1. The Balaban J connectivity index is 1.25. The fourth-order valence-electron chi connectivity index (χ4n) is 3.61. The van der Waals surface area contributed by atoms with Crippen LogP contribution in [0.25, 0.3) is 0 Å². The summed E-state index contributed by atoms with van der Waals surface area (Å²) in [6.07, 6.45) is 1.76. The maximum atomic E-state index is 13.8. The van der Waals surface area contributed by atoms with E-state index in [0.29, 0.717) is 30.8 Å². The fourth-order valence-corrected chi connectivity index (χ4v) is 3.61. The number of hydrogen-bond donors (Lipinski definition) is 0. The first kappa shape index (κ1) is 21.0. The number of nitrogens with zero attached hydrogens (tertiary/aromatic N) is 3. The number of piperazine rings is 1. The second kappa shape index (κ2) is 9.71. The first-order valence-corrected chi connectivity index (χ1v) is 10.5. The summed E-state index contributed by atoms with van der Waals surface area (Å²) in [6, 6.07) is 18.6. The lowest BCUT2D eigenvalue weighted by Crippen LogP contribution is -2.48. The Morgan fingerprint density at radius 3 is 2.48 bits per heavy atom. The highest BCUT2D eigenvalue weighted by Gasteiger charge is 2.22. The van der Waals surface area contributed by atoms with Gasteiger partial charge in [-0.3, -0.25) is 14.7 Å². The van der Waals surface area contributed by atoms with Gasteiger partial charge in [0.25, 0.3) is 5.91 Å². The summed E-state index contributed by atoms with van der Waals surface area (Å²) in [5, 5.41) is 0. The van der Waals surface area contributed by atoms with Crippen molar-refractivity contribution in [3.05, 3.63) is 95.1 Å². The molecule has 3 aromatic rings. The molecule has 0 radical (unpaired) electrons. The van der Waals surface area contributed by atoms with Crippen LogP contribution in [0.1, 0.15) is 27.2 Å². The third-order valence-corrected chi connectivity index (χ3v) is 5.52. The maximum absolute atomic E-state index is 13.8. The number of hydrogen-bond acceptors (Lipinski definition) is 4. The summed E-state index contributed by atoms with van der Waals surface area (Å²) in [6.45, 7) is 5.82. The van der Waals surface area contributed by atoms with Gasteiger partial charge >= 0.3 is 0 Å². The number of amides is 1. The molecule has 31 heavy (non-hydrogen) atoms. The number of aryl methyl sites for hydroxylation is 1. The van der Waals surface area contributed by atoms with E-state index >= 15 is 0 Å². The Labute approximate surface area is 182 Å². The van der Waals surface area contributed by atoms with Gasteiger partial charge in [-0.2, -0.15) is 0 Å². The Morgan fingerprint density at radius 2 is 1.81 bits per heavy atom. The monoisotopic (exact) mass is 419 g/mol. The smallest absolute Gasteiger partial charge is 0.254 e. The third kappa shape index (κ3) is 5.47. The van der Waals surface area contributed by atoms with Gasteiger partial charge in [-0.1, -0.05) is 24.3 Å². The number of carbonyl (C=O) groups excluding carboxylic acids is 1. The molecule has 6 heteroatoms. The number of rotatable bonds is 6. The first-order valence-electron chi connectivity index (χ1n) is 10.5. The molecule has 1 aromatic heterocycles. The molecule has 160 valence electrons. The van der Waals surface area contributed by atoms with Crippen molar-refractivity contribution >= 4 is 5.91 Å². The lowest BCUT2D eigenvalue weighted by molar-refractivity contribution is 0.0628. The van der Waals surface area contributed by atoms with Gasteiger partial charge in [-0.05, 0) is 54.4 Å². The van der Waals surface area contributed by atoms with Gasteiger partial charge in [0, 0.05) is 44.5 Å². The minimum absolute atomic E-state index is 0.104. The van der Waals surface area contributed by atoms with Crippen molar-refractivity contribution < 1.29 is 13.9 Å². The highest BCUT2D eigenvalue weighted by atomic mass is 19.1. The molecule has 0 unspecified atom stereocenters. The van der Waals surface area contributed by atoms with E-state index in [1.807, 2.05) is 30.3 Å². The van der Waals surface area contributed by atoms with Gasteiger partial charge in [0.2, 0.25) is 0 Å². The van der Waals surface area contributed by atoms with Gasteiger partial charge in [0.05, 0.1) is 5.69 Å². The van der Waals surface area contributed by atoms with Gasteiger partial charge in [0.1, 0.15) is 18.2 Å². The van der Waals surface area contributed by atoms with Gasteiger partial charge in [-0.25, -0.2) is 4.39 Å². The van der Waals surface area contributed by atoms with Crippen LogP contribution in [0.5, 0.6) is 5.75 Å². The summed E-state index contributed by atoms with van der Waals surface area (Å²) in [5.74, 6) is 0.375. The molecule has 0 atom stereocenters. The van der Waals surface area contributed by atoms with Crippen molar-refractivity contribution in [2.24, 2.45) is 0 Å². The molecule has 0 aliphatic carbocycles. The van der Waals surface area contributed by atoms with Gasteiger partial charge in [-0.15, -0.1) is 0 Å². The van der Waals surface area contributed by atoms with E-state index in [0.717, 1.165) is 31.1 Å². The number of halogens is 1. The Kier molecular flexibility index (Phi) is 6.57. The fraction of sp³-hybridized carbons (Fsp3) is 0.280. The summed E-state index contributed by atoms with van der Waals surface area (Å²) < 4.78 is 19.6. The lowest BCUT2D eigenvalue weighted by atomic mass is 10.1. The predicted octanol–water partition coefficient (Wildman–Crippen LogP) is 4.07. The van der Waals surface area contributed by atoms with E-state index in [1.165, 1.54) is 11.6 Å². The van der Waals surface area contributed by atoms with Crippen LogP contribution in [0.3, 0.4) is 0 Å². The third-order valence-electron chi connectivity index (χ3n) is 5.52. The SMILES string of the molecule is Cc1ccc(C(=O)N2CCN(Cc3ccc(OCc4ccccn4)cc3)CC2)cc1F. The molecule has 2 heterocycles. The molecule has 4 rings (SSSR count). The van der Waals surface area contributed by atoms with Crippen LogP contribution in [0.2, 0.25) is 0 Å². The Bertz CT molecular complexity index is 1020. The highest BCUT2D eigenvalue weighted by molar-refractivity contribution is 5.94. The number of pyridine rings is 1. The van der Waals surface area contributed by atoms with Crippen molar-refractivity contribution in [3.8, 4) is 5.75 Å². The molecule has 5 nitrogen and oxygen atoms in total. The number of carbonyl (C=O) groups is 1. The molecule has 1 fully saturated rings. The molecule has 0 spiro atoms. The maximum Gasteiger partial charge on any atom is 0.254 e. The van der Waals surface area contributed by atoms with Crippen molar-refractivity contribution in [1.29, 1.82) is 0 Å². The molecular weight excluding hydrogens is 393 g/mol. The molecule has 1 aliphatic heterocycles.